The van der Waals surface area contributed by atoms with Crippen LogP contribution in [0.4, 0.5) is 5.69 Å². The molecule has 2 aromatic carbocycles. The molecule has 0 fully saturated rings. The number of nitrogens with zero attached hydrogens (tertiary/aromatic N) is 1. The first-order valence-corrected chi connectivity index (χ1v) is 8.10. The van der Waals surface area contributed by atoms with E-state index in [9.17, 15) is 9.00 Å². The number of carbonyl (C=O) groups is 1. The Balaban J connectivity index is 1.82. The Morgan fingerprint density at radius 3 is 2.50 bits per heavy atom. The van der Waals surface area contributed by atoms with Gasteiger partial charge in [0.2, 0.25) is 0 Å². The maximum Gasteiger partial charge on any atom is 0.326 e. The summed E-state index contributed by atoms with van der Waals surface area (Å²) in [5.74, 6) is 0.234. The minimum atomic E-state index is -1.86. The van der Waals surface area contributed by atoms with Crippen LogP contribution in [-0.2, 0) is 26.7 Å². The van der Waals surface area contributed by atoms with Crippen LogP contribution in [-0.4, -0.2) is 10.1 Å². The van der Waals surface area contributed by atoms with Gasteiger partial charge in [0.1, 0.15) is 0 Å². The van der Waals surface area contributed by atoms with E-state index in [2.05, 4.69) is 0 Å². The zero-order valence-corrected chi connectivity index (χ0v) is 12.5. The van der Waals surface area contributed by atoms with E-state index in [-0.39, 0.29) is 5.91 Å². The van der Waals surface area contributed by atoms with Gasteiger partial charge in [-0.1, -0.05) is 42.5 Å². The van der Waals surface area contributed by atoms with Gasteiger partial charge in [-0.15, -0.1) is 0 Å². The molecular weight excluding hydrogens is 298 g/mol. The van der Waals surface area contributed by atoms with Gasteiger partial charge in [-0.3, -0.25) is 4.79 Å². The Kier molecular flexibility index (Phi) is 3.08. The highest BCUT2D eigenvalue weighted by Crippen LogP contribution is 2.38. The summed E-state index contributed by atoms with van der Waals surface area (Å²) in [5, 5.41) is 0. The normalized spacial score (nSPS) is 20.3. The maximum atomic E-state index is 12.8. The smallest absolute Gasteiger partial charge is 0.326 e. The number of rotatable bonds is 1. The summed E-state index contributed by atoms with van der Waals surface area (Å²) < 4.78 is 19.3. The fourth-order valence-electron chi connectivity index (χ4n) is 2.86. The summed E-state index contributed by atoms with van der Waals surface area (Å²) in [6.07, 6.45) is 1.39. The zero-order valence-electron chi connectivity index (χ0n) is 11.7. The van der Waals surface area contributed by atoms with Gasteiger partial charge in [-0.2, -0.15) is 8.51 Å². The van der Waals surface area contributed by atoms with Crippen molar-refractivity contribution in [2.75, 3.05) is 4.31 Å². The molecule has 2 aromatic rings. The van der Waals surface area contributed by atoms with E-state index >= 15 is 0 Å². The van der Waals surface area contributed by atoms with E-state index < -0.39 is 11.3 Å². The van der Waals surface area contributed by atoms with Crippen LogP contribution in [0.1, 0.15) is 17.5 Å². The number of hydrogen-bond acceptors (Lipinski definition) is 3. The van der Waals surface area contributed by atoms with Crippen LogP contribution in [0.15, 0.2) is 60.2 Å². The monoisotopic (exact) mass is 311 g/mol. The number of anilines is 1. The van der Waals surface area contributed by atoms with Gasteiger partial charge < -0.3 is 4.18 Å². The van der Waals surface area contributed by atoms with Crippen LogP contribution in [0.2, 0.25) is 0 Å². The van der Waals surface area contributed by atoms with Gasteiger partial charge in [-0.25, -0.2) is 0 Å². The van der Waals surface area contributed by atoms with E-state index in [0.717, 1.165) is 17.5 Å². The van der Waals surface area contributed by atoms with Crippen LogP contribution in [0.25, 0.3) is 5.76 Å². The minimum Gasteiger partial charge on any atom is -0.383 e. The Hall–Kier alpha value is -2.40. The molecule has 22 heavy (non-hydrogen) atoms. The second-order valence-corrected chi connectivity index (χ2v) is 6.17. The van der Waals surface area contributed by atoms with Gasteiger partial charge in [0.15, 0.2) is 5.76 Å². The van der Waals surface area contributed by atoms with E-state index in [0.29, 0.717) is 23.4 Å². The van der Waals surface area contributed by atoms with E-state index in [1.807, 2.05) is 30.3 Å². The number of aryl methyl sites for hydroxylation is 1. The second-order valence-electron chi connectivity index (χ2n) is 5.20. The highest BCUT2D eigenvalue weighted by atomic mass is 32.2. The molecule has 0 saturated heterocycles. The van der Waals surface area contributed by atoms with Crippen molar-refractivity contribution in [1.29, 1.82) is 0 Å². The van der Waals surface area contributed by atoms with Crippen molar-refractivity contribution in [3.63, 3.8) is 0 Å². The van der Waals surface area contributed by atoms with Crippen molar-refractivity contribution in [1.82, 2.24) is 0 Å². The standard InChI is InChI=1S/C17H13NO3S/c19-17-15-11-10-12-6-4-5-9-14(12)16(15)21-22(20)18(17)13-7-2-1-3-8-13/h1-9H,10-11H2. The van der Waals surface area contributed by atoms with E-state index in [4.69, 9.17) is 4.18 Å². The van der Waals surface area contributed by atoms with Crippen molar-refractivity contribution in [3.05, 3.63) is 71.3 Å². The minimum absolute atomic E-state index is 0.236. The third kappa shape index (κ3) is 1.97. The van der Waals surface area contributed by atoms with Crippen LogP contribution in [0.3, 0.4) is 0 Å². The molecule has 0 spiro atoms. The fraction of sp³-hybridized carbons (Fsp3) is 0.118. The average molecular weight is 311 g/mol. The first-order valence-electron chi connectivity index (χ1n) is 7.07. The molecule has 2 aliphatic rings. The van der Waals surface area contributed by atoms with Crippen molar-refractivity contribution in [2.45, 2.75) is 12.8 Å². The highest BCUT2D eigenvalue weighted by Gasteiger charge is 2.38. The number of carbonyl (C=O) groups excluding carboxylic acids is 1. The van der Waals surface area contributed by atoms with Gasteiger partial charge in [-0.05, 0) is 30.5 Å². The summed E-state index contributed by atoms with van der Waals surface area (Å²) in [5.41, 5.74) is 3.18. The predicted octanol–water partition coefficient (Wildman–Crippen LogP) is 2.99. The Morgan fingerprint density at radius 2 is 1.68 bits per heavy atom. The molecule has 5 heteroatoms. The Labute approximate surface area is 130 Å². The molecule has 1 aliphatic carbocycles. The van der Waals surface area contributed by atoms with Crippen LogP contribution in [0, 0.1) is 0 Å². The first kappa shape index (κ1) is 13.3. The molecule has 0 radical (unpaired) electrons. The second kappa shape index (κ2) is 5.10. The van der Waals surface area contributed by atoms with Crippen molar-refractivity contribution >= 4 is 28.6 Å². The predicted molar refractivity (Wildman–Crippen MR) is 84.8 cm³/mol. The van der Waals surface area contributed by atoms with E-state index in [1.165, 1.54) is 4.31 Å². The summed E-state index contributed by atoms with van der Waals surface area (Å²) in [6.45, 7) is 0. The quantitative estimate of drug-likeness (QED) is 0.813. The van der Waals surface area contributed by atoms with Gasteiger partial charge in [0.05, 0.1) is 11.3 Å². The van der Waals surface area contributed by atoms with Crippen molar-refractivity contribution in [3.8, 4) is 0 Å². The number of para-hydroxylation sites is 1. The maximum absolute atomic E-state index is 12.8. The van der Waals surface area contributed by atoms with Crippen LogP contribution >= 0.6 is 0 Å². The third-order valence-electron chi connectivity index (χ3n) is 3.92. The fourth-order valence-corrected chi connectivity index (χ4v) is 3.81. The molecule has 4 rings (SSSR count). The third-order valence-corrected chi connectivity index (χ3v) is 4.90. The van der Waals surface area contributed by atoms with Gasteiger partial charge >= 0.3 is 11.3 Å². The molecule has 4 nitrogen and oxygen atoms in total. The average Bonchev–Trinajstić information content (AvgIpc) is 2.56. The summed E-state index contributed by atoms with van der Waals surface area (Å²) in [7, 11) is 0. The number of hydrogen-bond donors (Lipinski definition) is 0. The lowest BCUT2D eigenvalue weighted by Crippen LogP contribution is -2.40. The summed E-state index contributed by atoms with van der Waals surface area (Å²) in [4.78, 5) is 12.8. The molecule has 0 saturated carbocycles. The van der Waals surface area contributed by atoms with Gasteiger partial charge in [0.25, 0.3) is 5.91 Å². The highest BCUT2D eigenvalue weighted by molar-refractivity contribution is 7.83. The Morgan fingerprint density at radius 1 is 0.955 bits per heavy atom. The lowest BCUT2D eigenvalue weighted by molar-refractivity contribution is -0.114. The lowest BCUT2D eigenvalue weighted by Gasteiger charge is -2.31. The molecule has 110 valence electrons. The number of benzene rings is 2. The Bertz CT molecular complexity index is 814. The van der Waals surface area contributed by atoms with Crippen molar-refractivity contribution in [2.24, 2.45) is 0 Å². The molecule has 1 unspecified atom stereocenters. The molecular formula is C17H13NO3S. The largest absolute Gasteiger partial charge is 0.383 e. The summed E-state index contributed by atoms with van der Waals surface area (Å²) in [6, 6.07) is 16.7. The molecule has 0 N–H and O–H groups in total. The van der Waals surface area contributed by atoms with Crippen LogP contribution < -0.4 is 4.31 Å². The van der Waals surface area contributed by atoms with Gasteiger partial charge in [0, 0.05) is 5.56 Å². The van der Waals surface area contributed by atoms with Crippen LogP contribution in [0.5, 0.6) is 0 Å². The molecule has 0 aromatic heterocycles. The van der Waals surface area contributed by atoms with Crippen molar-refractivity contribution < 1.29 is 13.2 Å². The topological polar surface area (TPSA) is 46.6 Å². The number of amides is 1. The summed E-state index contributed by atoms with van der Waals surface area (Å²) >= 11 is -1.86. The molecule has 1 atom stereocenters. The molecule has 1 amide bonds. The zero-order chi connectivity index (χ0) is 15.1. The molecule has 1 heterocycles. The first-order chi connectivity index (χ1) is 10.8. The van der Waals surface area contributed by atoms with E-state index in [1.54, 1.807) is 24.3 Å². The SMILES string of the molecule is O=C1C2=C(OS(=O)N1c1ccccc1)c1ccccc1CC2. The molecule has 0 bridgehead atoms. The molecule has 1 aliphatic heterocycles. The number of fused-ring (bicyclic) bond motifs is 2. The lowest BCUT2D eigenvalue weighted by atomic mass is 9.90.